The van der Waals surface area contributed by atoms with Gasteiger partial charge in [0.15, 0.2) is 0 Å². The summed E-state index contributed by atoms with van der Waals surface area (Å²) in [5.41, 5.74) is 8.09. The summed E-state index contributed by atoms with van der Waals surface area (Å²) in [4.78, 5) is 67.0. The number of carbonyl (C=O) groups is 5. The van der Waals surface area contributed by atoms with Gasteiger partial charge in [0.05, 0.1) is 33.9 Å². The van der Waals surface area contributed by atoms with Crippen LogP contribution in [0.4, 0.5) is 13.2 Å². The van der Waals surface area contributed by atoms with E-state index in [4.69, 9.17) is 28.8 Å². The van der Waals surface area contributed by atoms with Crippen molar-refractivity contribution in [3.63, 3.8) is 0 Å². The van der Waals surface area contributed by atoms with Crippen molar-refractivity contribution in [3.05, 3.63) is 101 Å². The zero-order valence-corrected chi connectivity index (χ0v) is 43.5. The van der Waals surface area contributed by atoms with Crippen molar-refractivity contribution in [1.29, 1.82) is 0 Å². The number of carbonyl (C=O) groups excluding carboxylic acids is 5. The van der Waals surface area contributed by atoms with Crippen molar-refractivity contribution in [1.82, 2.24) is 9.97 Å². The highest BCUT2D eigenvalue weighted by Crippen LogP contribution is 2.22. The van der Waals surface area contributed by atoms with E-state index in [0.29, 0.717) is 38.5 Å². The number of carboxylic acid groups (broad SMARTS) is 1. The van der Waals surface area contributed by atoms with Crippen LogP contribution in [0.5, 0.6) is 0 Å². The molecular weight excluding hydrogens is 1050 g/mol. The smallest absolute Gasteiger partial charge is 0.430 e. The van der Waals surface area contributed by atoms with Crippen molar-refractivity contribution in [2.24, 2.45) is 5.92 Å². The molecule has 4 heterocycles. The number of hydrogen-bond donors (Lipinski definition) is 1. The molecule has 370 valence electrons. The highest BCUT2D eigenvalue weighted by molar-refractivity contribution is 9.12. The van der Waals surface area contributed by atoms with Crippen molar-refractivity contribution in [2.75, 3.05) is 0 Å². The van der Waals surface area contributed by atoms with Crippen molar-refractivity contribution >= 4 is 84.4 Å². The summed E-state index contributed by atoms with van der Waals surface area (Å²) in [6.45, 7) is 13.5. The van der Waals surface area contributed by atoms with Crippen LogP contribution >= 0.6 is 54.5 Å². The number of rotatable bonds is 2. The highest BCUT2D eigenvalue weighted by atomic mass is 79.9. The molecule has 2 aromatic heterocycles. The number of nitrogens with zero attached hydrogens (tertiary/aromatic N) is 2. The standard InChI is InChI=1S/C23H30BrNO4S.C22H29BrN2O4S.C2HF3O2/c1-15-6-5-7-22(26)29-20(12-17(3)24)13-21-25-19(14-30-21)9-8-16(2)11-23(27)28-18(4)10-15;1-14-5-4-6-21(26)29-19(10-15(2)23)12-20-25-18(13-30-20)8-7-17(24)11-22(27)28-16(3)9-14;3-2(4,5)1(6)7/h5-7,12,14,16,18,20H,8-11,13H2,1-4H3;4-6,10,13,16-17,19H,7-9,11-12,24H2,1-3H3;(H,6,7)/b7-5-,15-6+,17-12+;6-4-,14-5+,15-10+;/t16-,18+,20-;16-,17+,19+;/m10./s1. The number of allylic oxidation sites excluding steroid dienone is 6. The molecule has 2 aromatic rings. The van der Waals surface area contributed by atoms with E-state index in [2.05, 4.69) is 54.5 Å². The van der Waals surface area contributed by atoms with Crippen LogP contribution in [0.2, 0.25) is 0 Å². The van der Waals surface area contributed by atoms with Crippen LogP contribution in [0.15, 0.2) is 79.5 Å². The number of quaternary nitrogens is 1. The fourth-order valence-corrected chi connectivity index (χ4v) is 8.68. The minimum absolute atomic E-state index is 0.0239. The fourth-order valence-electron chi connectivity index (χ4n) is 6.34. The number of cyclic esters (lactones) is 4. The van der Waals surface area contributed by atoms with Gasteiger partial charge < -0.3 is 34.6 Å². The molecule has 0 saturated heterocycles. The molecule has 0 amide bonds. The number of aromatic nitrogens is 2. The van der Waals surface area contributed by atoms with E-state index >= 15 is 0 Å². The second kappa shape index (κ2) is 30.3. The molecule has 0 unspecified atom stereocenters. The predicted molar refractivity (Wildman–Crippen MR) is 256 cm³/mol. The van der Waals surface area contributed by atoms with Gasteiger partial charge in [-0.1, -0.05) is 74.2 Å². The van der Waals surface area contributed by atoms with E-state index in [0.717, 1.165) is 67.2 Å². The molecule has 6 atom stereocenters. The Morgan fingerprint density at radius 3 is 1.52 bits per heavy atom. The first-order valence-electron chi connectivity index (χ1n) is 21.5. The Kier molecular flexibility index (Phi) is 26.6. The van der Waals surface area contributed by atoms with Crippen LogP contribution in [0, 0.1) is 5.92 Å². The lowest BCUT2D eigenvalue weighted by Gasteiger charge is -2.15. The number of esters is 4. The number of alkyl halides is 3. The first kappa shape index (κ1) is 58.9. The monoisotopic (exact) mass is 1110 g/mol. The summed E-state index contributed by atoms with van der Waals surface area (Å²) in [7, 11) is 0. The summed E-state index contributed by atoms with van der Waals surface area (Å²) in [5, 5.41) is 14.7. The van der Waals surface area contributed by atoms with E-state index in [-0.39, 0.29) is 36.1 Å². The van der Waals surface area contributed by atoms with Gasteiger partial charge in [0.25, 0.3) is 0 Å². The Hall–Kier alpha value is -4.24. The van der Waals surface area contributed by atoms with Gasteiger partial charge >= 0.3 is 30.1 Å². The molecule has 0 aliphatic carbocycles. The normalized spacial score (nSPS) is 26.5. The zero-order valence-electron chi connectivity index (χ0n) is 38.7. The number of halogens is 5. The van der Waals surface area contributed by atoms with Gasteiger partial charge in [0.1, 0.15) is 30.4 Å². The number of fused-ring (bicyclic) bond motifs is 4. The predicted octanol–water partition coefficient (Wildman–Crippen LogP) is 8.66. The van der Waals surface area contributed by atoms with E-state index < -0.39 is 36.3 Å². The van der Waals surface area contributed by atoms with Crippen molar-refractivity contribution in [2.45, 2.75) is 149 Å². The summed E-state index contributed by atoms with van der Waals surface area (Å²) in [6.07, 6.45) is 13.3. The van der Waals surface area contributed by atoms with Crippen LogP contribution < -0.4 is 10.8 Å². The van der Waals surface area contributed by atoms with Crippen LogP contribution in [0.3, 0.4) is 0 Å². The Morgan fingerprint density at radius 2 is 1.12 bits per heavy atom. The summed E-state index contributed by atoms with van der Waals surface area (Å²) >= 11 is 9.95. The molecule has 67 heavy (non-hydrogen) atoms. The van der Waals surface area contributed by atoms with E-state index in [1.165, 1.54) is 12.2 Å². The molecule has 2 aliphatic heterocycles. The Morgan fingerprint density at radius 1 is 0.716 bits per heavy atom. The lowest BCUT2D eigenvalue weighted by molar-refractivity contribution is -0.420. The third-order valence-corrected chi connectivity index (χ3v) is 11.7. The van der Waals surface area contributed by atoms with Gasteiger partial charge in [-0.15, -0.1) is 22.7 Å². The minimum atomic E-state index is -5.19. The topological polar surface area (TPSA) is 199 Å². The largest absolute Gasteiger partial charge is 0.542 e. The van der Waals surface area contributed by atoms with Crippen LogP contribution in [-0.2, 0) is 68.6 Å². The van der Waals surface area contributed by atoms with E-state index in [1.54, 1.807) is 34.8 Å². The van der Waals surface area contributed by atoms with Gasteiger partial charge in [-0.2, -0.15) is 13.2 Å². The molecule has 0 saturated carbocycles. The second-order valence-electron chi connectivity index (χ2n) is 16.3. The molecule has 3 N–H and O–H groups in total. The van der Waals surface area contributed by atoms with Crippen molar-refractivity contribution in [3.8, 4) is 0 Å². The van der Waals surface area contributed by atoms with Gasteiger partial charge in [0, 0.05) is 61.4 Å². The highest BCUT2D eigenvalue weighted by Gasteiger charge is 2.29. The SMILES string of the molecule is C/C(Br)=C\[C@@H]1Cc2nc(cs2)CC[C@@H](C)CC(=O)O[C@@H](C)C/C(C)=C/C=C\C(=O)O1.C/C(Br)=C\[C@@H]1Cc2nc(cs2)CC[C@@H]([NH3+])CC(=O)O[C@@H](C)C/C(C)=C/C=C\C(=O)O1.O=C([O-])C(F)(F)F. The van der Waals surface area contributed by atoms with Gasteiger partial charge in [-0.05, 0) is 87.8 Å². The molecule has 2 aliphatic rings. The number of ether oxygens (including phenoxy) is 4. The molecule has 20 heteroatoms. The van der Waals surface area contributed by atoms with E-state index in [1.807, 2.05) is 76.6 Å². The lowest BCUT2D eigenvalue weighted by atomic mass is 10.0. The number of aryl methyl sites for hydroxylation is 2. The van der Waals surface area contributed by atoms with Crippen LogP contribution in [-0.4, -0.2) is 76.4 Å². The molecule has 0 radical (unpaired) electrons. The van der Waals surface area contributed by atoms with E-state index in [9.17, 15) is 32.3 Å². The molecule has 4 rings (SSSR count). The van der Waals surface area contributed by atoms with Gasteiger partial charge in [0.2, 0.25) is 0 Å². The maximum absolute atomic E-state index is 12.3. The third-order valence-electron chi connectivity index (χ3n) is 9.33. The molecule has 0 aromatic carbocycles. The Labute approximate surface area is 415 Å². The first-order valence-corrected chi connectivity index (χ1v) is 24.8. The zero-order chi connectivity index (χ0) is 50.3. The third kappa shape index (κ3) is 27.4. The maximum atomic E-state index is 12.3. The summed E-state index contributed by atoms with van der Waals surface area (Å²) < 4.78 is 55.6. The Bertz CT molecular complexity index is 2000. The van der Waals surface area contributed by atoms with Gasteiger partial charge in [-0.3, -0.25) is 9.59 Å². The molecule has 0 fully saturated rings. The number of carboxylic acids is 1. The average molecular weight is 1110 g/mol. The molecule has 13 nitrogen and oxygen atoms in total. The molecule has 4 bridgehead atoms. The Balaban J connectivity index is 0.000000402. The number of aliphatic carboxylic acids is 1. The minimum Gasteiger partial charge on any atom is -0.542 e. The second-order valence-corrected chi connectivity index (χ2v) is 20.7. The number of thiazole rings is 2. The van der Waals surface area contributed by atoms with Gasteiger partial charge in [-0.25, -0.2) is 19.6 Å². The summed E-state index contributed by atoms with van der Waals surface area (Å²) in [6, 6.07) is -0.0239. The first-order chi connectivity index (χ1) is 31.4. The van der Waals surface area contributed by atoms with Crippen molar-refractivity contribution < 1.29 is 66.9 Å². The maximum Gasteiger partial charge on any atom is 0.430 e. The average Bonchev–Trinajstić information content (AvgIpc) is 3.83. The summed E-state index contributed by atoms with van der Waals surface area (Å²) in [5.74, 6) is -4.00. The lowest BCUT2D eigenvalue weighted by Crippen LogP contribution is -2.61. The molecular formula is C47H60Br2F3N3O10S2. The quantitative estimate of drug-likeness (QED) is 0.222. The van der Waals surface area contributed by atoms with Crippen LogP contribution in [0.1, 0.15) is 108 Å². The van der Waals surface area contributed by atoms with Crippen LogP contribution in [0.25, 0.3) is 0 Å². The fraction of sp³-hybridized carbons (Fsp3) is 0.511. The number of hydrogen-bond acceptors (Lipinski definition) is 14. The molecule has 0 spiro atoms.